The van der Waals surface area contributed by atoms with Crippen molar-refractivity contribution in [2.75, 3.05) is 0 Å². The number of nitrogens with zero attached hydrogens (tertiary/aromatic N) is 1. The maximum absolute atomic E-state index is 12.4. The summed E-state index contributed by atoms with van der Waals surface area (Å²) in [4.78, 5) is 16.7. The number of thiophene rings is 1. The molecule has 0 fully saturated rings. The molecule has 2 heterocycles. The molecule has 106 valence electrons. The van der Waals surface area contributed by atoms with Gasteiger partial charge in [-0.2, -0.15) is 11.3 Å². The van der Waals surface area contributed by atoms with Gasteiger partial charge in [0, 0.05) is 11.9 Å². The van der Waals surface area contributed by atoms with Crippen molar-refractivity contribution in [2.45, 2.75) is 13.5 Å². The van der Waals surface area contributed by atoms with Crippen LogP contribution in [0, 0.1) is 6.92 Å². The quantitative estimate of drug-likeness (QED) is 0.736. The highest BCUT2D eigenvalue weighted by Gasteiger charge is 2.12. The Labute approximate surface area is 131 Å². The van der Waals surface area contributed by atoms with Gasteiger partial charge in [-0.25, -0.2) is 4.98 Å². The maximum atomic E-state index is 12.4. The van der Waals surface area contributed by atoms with Crippen molar-refractivity contribution in [2.24, 2.45) is 0 Å². The van der Waals surface area contributed by atoms with Gasteiger partial charge in [-0.3, -0.25) is 4.79 Å². The Morgan fingerprint density at radius 3 is 2.90 bits per heavy atom. The number of carbonyl (C=O) groups excluding carboxylic acids is 1. The van der Waals surface area contributed by atoms with E-state index in [4.69, 9.17) is 11.6 Å². The lowest BCUT2D eigenvalue weighted by molar-refractivity contribution is 0.0952. The van der Waals surface area contributed by atoms with E-state index in [0.29, 0.717) is 17.3 Å². The number of amides is 1. The average Bonchev–Trinajstić information content (AvgIpc) is 2.89. The van der Waals surface area contributed by atoms with Crippen LogP contribution in [0.2, 0.25) is 5.15 Å². The number of rotatable bonds is 3. The van der Waals surface area contributed by atoms with Gasteiger partial charge in [-0.1, -0.05) is 29.8 Å². The summed E-state index contributed by atoms with van der Waals surface area (Å²) in [7, 11) is 0. The first-order valence-electron chi connectivity index (χ1n) is 6.50. The Morgan fingerprint density at radius 2 is 2.14 bits per heavy atom. The van der Waals surface area contributed by atoms with E-state index in [2.05, 4.69) is 15.7 Å². The Hall–Kier alpha value is -1.91. The van der Waals surface area contributed by atoms with Crippen molar-refractivity contribution in [3.8, 4) is 0 Å². The summed E-state index contributed by atoms with van der Waals surface area (Å²) in [6.07, 6.45) is 0. The van der Waals surface area contributed by atoms with Gasteiger partial charge in [0.1, 0.15) is 5.15 Å². The van der Waals surface area contributed by atoms with E-state index < -0.39 is 0 Å². The normalized spacial score (nSPS) is 10.8. The van der Waals surface area contributed by atoms with Crippen LogP contribution in [-0.2, 0) is 6.54 Å². The predicted molar refractivity (Wildman–Crippen MR) is 87.0 cm³/mol. The molecule has 1 amide bonds. The van der Waals surface area contributed by atoms with Crippen molar-refractivity contribution >= 4 is 39.7 Å². The SMILES string of the molecule is Cc1cscc1CNC(=O)c1cc(Cl)nc2ccccc12. The Kier molecular flexibility index (Phi) is 3.90. The van der Waals surface area contributed by atoms with Crippen LogP contribution in [0.3, 0.4) is 0 Å². The number of hydrogen-bond acceptors (Lipinski definition) is 3. The molecule has 0 saturated heterocycles. The molecule has 1 N–H and O–H groups in total. The van der Waals surface area contributed by atoms with Crippen molar-refractivity contribution in [3.05, 3.63) is 62.9 Å². The van der Waals surface area contributed by atoms with Crippen molar-refractivity contribution in [1.29, 1.82) is 0 Å². The highest BCUT2D eigenvalue weighted by molar-refractivity contribution is 7.08. The summed E-state index contributed by atoms with van der Waals surface area (Å²) >= 11 is 7.64. The minimum absolute atomic E-state index is 0.138. The molecule has 0 aliphatic heterocycles. The number of aromatic nitrogens is 1. The van der Waals surface area contributed by atoms with Crippen LogP contribution in [0.1, 0.15) is 21.5 Å². The highest BCUT2D eigenvalue weighted by Crippen LogP contribution is 2.21. The van der Waals surface area contributed by atoms with Crippen LogP contribution in [0.5, 0.6) is 0 Å². The van der Waals surface area contributed by atoms with Crippen molar-refractivity contribution in [1.82, 2.24) is 10.3 Å². The largest absolute Gasteiger partial charge is 0.348 e. The van der Waals surface area contributed by atoms with Crippen LogP contribution in [-0.4, -0.2) is 10.9 Å². The molecule has 21 heavy (non-hydrogen) atoms. The number of para-hydroxylation sites is 1. The number of hydrogen-bond donors (Lipinski definition) is 1. The number of fused-ring (bicyclic) bond motifs is 1. The maximum Gasteiger partial charge on any atom is 0.252 e. The lowest BCUT2D eigenvalue weighted by atomic mass is 10.1. The molecular formula is C16H13ClN2OS. The molecule has 0 unspecified atom stereocenters. The molecule has 0 bridgehead atoms. The first-order valence-corrected chi connectivity index (χ1v) is 7.82. The van der Waals surface area contributed by atoms with Gasteiger partial charge in [-0.15, -0.1) is 0 Å². The van der Waals surface area contributed by atoms with E-state index in [-0.39, 0.29) is 5.91 Å². The van der Waals surface area contributed by atoms with E-state index in [1.807, 2.05) is 36.6 Å². The minimum Gasteiger partial charge on any atom is -0.348 e. The van der Waals surface area contributed by atoms with Gasteiger partial charge >= 0.3 is 0 Å². The number of carbonyl (C=O) groups is 1. The summed E-state index contributed by atoms with van der Waals surface area (Å²) in [6, 6.07) is 9.10. The van der Waals surface area contributed by atoms with Crippen LogP contribution in [0.25, 0.3) is 10.9 Å². The smallest absolute Gasteiger partial charge is 0.252 e. The molecule has 0 atom stereocenters. The van der Waals surface area contributed by atoms with E-state index in [1.54, 1.807) is 17.4 Å². The Balaban J connectivity index is 1.89. The fourth-order valence-electron chi connectivity index (χ4n) is 2.17. The summed E-state index contributed by atoms with van der Waals surface area (Å²) in [5.41, 5.74) is 3.61. The molecule has 0 aliphatic rings. The molecule has 5 heteroatoms. The first kappa shape index (κ1) is 14.0. The third-order valence-corrected chi connectivity index (χ3v) is 4.43. The number of halogens is 1. The zero-order valence-corrected chi connectivity index (χ0v) is 13.0. The molecule has 0 spiro atoms. The lowest BCUT2D eigenvalue weighted by Gasteiger charge is -2.08. The topological polar surface area (TPSA) is 42.0 Å². The summed E-state index contributed by atoms with van der Waals surface area (Å²) in [5.74, 6) is -0.138. The average molecular weight is 317 g/mol. The monoisotopic (exact) mass is 316 g/mol. The molecule has 0 radical (unpaired) electrons. The van der Waals surface area contributed by atoms with Crippen molar-refractivity contribution in [3.63, 3.8) is 0 Å². The molecule has 3 aromatic rings. The Bertz CT molecular complexity index is 813. The molecule has 0 saturated carbocycles. The number of benzene rings is 1. The van der Waals surface area contributed by atoms with E-state index in [1.165, 1.54) is 5.56 Å². The first-order chi connectivity index (χ1) is 10.1. The third-order valence-electron chi connectivity index (χ3n) is 3.33. The molecule has 2 aromatic heterocycles. The van der Waals surface area contributed by atoms with Gasteiger partial charge in [-0.05, 0) is 40.9 Å². The molecule has 0 aliphatic carbocycles. The zero-order valence-electron chi connectivity index (χ0n) is 11.4. The second kappa shape index (κ2) is 5.84. The second-order valence-electron chi connectivity index (χ2n) is 4.77. The van der Waals surface area contributed by atoms with Crippen molar-refractivity contribution < 1.29 is 4.79 Å². The summed E-state index contributed by atoms with van der Waals surface area (Å²) in [6.45, 7) is 2.55. The third kappa shape index (κ3) is 2.91. The number of pyridine rings is 1. The van der Waals surface area contributed by atoms with E-state index in [9.17, 15) is 4.79 Å². The molecular weight excluding hydrogens is 304 g/mol. The van der Waals surface area contributed by atoms with Gasteiger partial charge in [0.2, 0.25) is 0 Å². The minimum atomic E-state index is -0.138. The molecule has 3 nitrogen and oxygen atoms in total. The standard InChI is InChI=1S/C16H13ClN2OS/c1-10-8-21-9-11(10)7-18-16(20)13-6-15(17)19-14-5-3-2-4-12(13)14/h2-6,8-9H,7H2,1H3,(H,18,20). The summed E-state index contributed by atoms with van der Waals surface area (Å²) in [5, 5.41) is 8.19. The number of aryl methyl sites for hydroxylation is 1. The summed E-state index contributed by atoms with van der Waals surface area (Å²) < 4.78 is 0. The lowest BCUT2D eigenvalue weighted by Crippen LogP contribution is -2.23. The number of nitrogens with one attached hydrogen (secondary N) is 1. The molecule has 3 rings (SSSR count). The van der Waals surface area contributed by atoms with Gasteiger partial charge in [0.15, 0.2) is 0 Å². The van der Waals surface area contributed by atoms with Gasteiger partial charge in [0.25, 0.3) is 5.91 Å². The van der Waals surface area contributed by atoms with Crippen LogP contribution < -0.4 is 5.32 Å². The zero-order chi connectivity index (χ0) is 14.8. The van der Waals surface area contributed by atoms with Crippen LogP contribution >= 0.6 is 22.9 Å². The fourth-order valence-corrected chi connectivity index (χ4v) is 3.23. The highest BCUT2D eigenvalue weighted by atomic mass is 35.5. The Morgan fingerprint density at radius 1 is 1.33 bits per heavy atom. The van der Waals surface area contributed by atoms with E-state index in [0.717, 1.165) is 16.5 Å². The predicted octanol–water partition coefficient (Wildman–Crippen LogP) is 4.19. The van der Waals surface area contributed by atoms with Crippen LogP contribution in [0.15, 0.2) is 41.1 Å². The fraction of sp³-hybridized carbons (Fsp3) is 0.125. The van der Waals surface area contributed by atoms with Crippen LogP contribution in [0.4, 0.5) is 0 Å². The molecule has 1 aromatic carbocycles. The van der Waals surface area contributed by atoms with Gasteiger partial charge in [0.05, 0.1) is 11.1 Å². The van der Waals surface area contributed by atoms with E-state index >= 15 is 0 Å². The second-order valence-corrected chi connectivity index (χ2v) is 5.90. The van der Waals surface area contributed by atoms with Gasteiger partial charge < -0.3 is 5.32 Å².